The Morgan fingerprint density at radius 2 is 2.06 bits per heavy atom. The molecule has 0 saturated carbocycles. The van der Waals surface area contributed by atoms with E-state index in [1.807, 2.05) is 6.34 Å². The van der Waals surface area contributed by atoms with Crippen LogP contribution in [0, 0.1) is 0 Å². The van der Waals surface area contributed by atoms with E-state index in [1.54, 1.807) is 0 Å². The van der Waals surface area contributed by atoms with Gasteiger partial charge in [-0.25, -0.2) is 0 Å². The summed E-state index contributed by atoms with van der Waals surface area (Å²) in [7, 11) is 0. The average molecular weight is 229 g/mol. The molecule has 0 radical (unpaired) electrons. The number of nitrogens with one attached hydrogen (secondary N) is 2. The molecule has 90 valence electrons. The number of hydrogen-bond donors (Lipinski definition) is 2. The Labute approximate surface area is 102 Å². The van der Waals surface area contributed by atoms with E-state index in [-0.39, 0.29) is 0 Å². The molecule has 2 N–H and O–H groups in total. The molecule has 1 fully saturated rings. The van der Waals surface area contributed by atoms with E-state index in [9.17, 15) is 0 Å². The molecule has 17 heavy (non-hydrogen) atoms. The predicted molar refractivity (Wildman–Crippen MR) is 72.0 cm³/mol. The van der Waals surface area contributed by atoms with Gasteiger partial charge in [0.15, 0.2) is 0 Å². The van der Waals surface area contributed by atoms with Gasteiger partial charge in [0.1, 0.15) is 0 Å². The lowest BCUT2D eigenvalue weighted by atomic mass is 9.88. The zero-order valence-electron chi connectivity index (χ0n) is 10.1. The van der Waals surface area contributed by atoms with Gasteiger partial charge in [-0.2, -0.15) is 0 Å². The molecule has 0 bridgehead atoms. The van der Waals surface area contributed by atoms with Crippen molar-refractivity contribution in [3.8, 4) is 0 Å². The summed E-state index contributed by atoms with van der Waals surface area (Å²) >= 11 is 0. The van der Waals surface area contributed by atoms with Gasteiger partial charge in [0.25, 0.3) is 0 Å². The van der Waals surface area contributed by atoms with E-state index < -0.39 is 0 Å². The first kappa shape index (κ1) is 10.8. The highest BCUT2D eigenvalue weighted by atomic mass is 15.0. The van der Waals surface area contributed by atoms with Crippen LogP contribution in [-0.4, -0.2) is 26.0 Å². The predicted octanol–water partition coefficient (Wildman–Crippen LogP) is 2.15. The van der Waals surface area contributed by atoms with E-state index in [1.165, 1.54) is 29.7 Å². The smallest absolute Gasteiger partial charge is 0.0868 e. The summed E-state index contributed by atoms with van der Waals surface area (Å²) in [5, 5.41) is 6.68. The van der Waals surface area contributed by atoms with E-state index in [0.29, 0.717) is 0 Å². The third kappa shape index (κ3) is 2.34. The number of fused-ring (bicyclic) bond motifs is 1. The fourth-order valence-electron chi connectivity index (χ4n) is 2.74. The summed E-state index contributed by atoms with van der Waals surface area (Å²) in [4.78, 5) is 4.28. The van der Waals surface area contributed by atoms with Gasteiger partial charge in [0.2, 0.25) is 0 Å². The van der Waals surface area contributed by atoms with E-state index in [0.717, 1.165) is 32.0 Å². The van der Waals surface area contributed by atoms with Crippen LogP contribution in [0.15, 0.2) is 23.2 Å². The Kier molecular flexibility index (Phi) is 3.10. The Balaban J connectivity index is 1.85. The Morgan fingerprint density at radius 1 is 1.18 bits per heavy atom. The Hall–Kier alpha value is -1.35. The van der Waals surface area contributed by atoms with Crippen molar-refractivity contribution < 1.29 is 0 Å². The first-order chi connectivity index (χ1) is 8.43. The molecule has 1 aromatic carbocycles. The second-order valence-corrected chi connectivity index (χ2v) is 4.87. The third-order valence-corrected chi connectivity index (χ3v) is 3.76. The molecule has 3 rings (SSSR count). The van der Waals surface area contributed by atoms with Gasteiger partial charge in [0.05, 0.1) is 6.34 Å². The van der Waals surface area contributed by atoms with Crippen LogP contribution in [0.25, 0.3) is 0 Å². The quantitative estimate of drug-likeness (QED) is 0.774. The summed E-state index contributed by atoms with van der Waals surface area (Å²) in [5.74, 6) is 0.741. The van der Waals surface area contributed by atoms with E-state index in [4.69, 9.17) is 0 Å². The fraction of sp³-hybridized carbons (Fsp3) is 0.500. The zero-order chi connectivity index (χ0) is 11.5. The molecule has 0 unspecified atom stereocenters. The maximum Gasteiger partial charge on any atom is 0.0868 e. The van der Waals surface area contributed by atoms with Crippen molar-refractivity contribution in [3.05, 3.63) is 29.3 Å². The monoisotopic (exact) mass is 229 g/mol. The largest absolute Gasteiger partial charge is 0.347 e. The lowest BCUT2D eigenvalue weighted by Gasteiger charge is -2.23. The van der Waals surface area contributed by atoms with Crippen molar-refractivity contribution in [2.75, 3.05) is 25.0 Å². The van der Waals surface area contributed by atoms with Crippen molar-refractivity contribution >= 4 is 12.0 Å². The van der Waals surface area contributed by atoms with Gasteiger partial charge in [-0.1, -0.05) is 12.1 Å². The van der Waals surface area contributed by atoms with Gasteiger partial charge in [-0.3, -0.25) is 4.99 Å². The molecule has 0 spiro atoms. The van der Waals surface area contributed by atoms with Crippen LogP contribution in [0.4, 0.5) is 5.69 Å². The number of rotatable bonds is 1. The molecule has 3 heteroatoms. The highest BCUT2D eigenvalue weighted by Gasteiger charge is 2.16. The SMILES string of the molecule is C1=NCCc2cc(C3CCNCC3)ccc2N1. The minimum Gasteiger partial charge on any atom is -0.347 e. The van der Waals surface area contributed by atoms with Gasteiger partial charge >= 0.3 is 0 Å². The van der Waals surface area contributed by atoms with E-state index >= 15 is 0 Å². The number of benzene rings is 1. The summed E-state index contributed by atoms with van der Waals surface area (Å²) in [6.45, 7) is 3.21. The first-order valence-electron chi connectivity index (χ1n) is 6.52. The van der Waals surface area contributed by atoms with Crippen LogP contribution in [0.5, 0.6) is 0 Å². The number of aliphatic imine (C=N–C) groups is 1. The molecular formula is C14H19N3. The topological polar surface area (TPSA) is 36.4 Å². The van der Waals surface area contributed by atoms with Crippen molar-refractivity contribution in [1.29, 1.82) is 0 Å². The van der Waals surface area contributed by atoms with Crippen LogP contribution in [0.1, 0.15) is 29.9 Å². The molecule has 0 aromatic heterocycles. The van der Waals surface area contributed by atoms with Crippen molar-refractivity contribution in [1.82, 2.24) is 5.32 Å². The second kappa shape index (κ2) is 4.88. The lowest BCUT2D eigenvalue weighted by molar-refractivity contribution is 0.460. The molecule has 2 heterocycles. The van der Waals surface area contributed by atoms with Crippen LogP contribution >= 0.6 is 0 Å². The molecule has 2 aliphatic rings. The molecule has 0 aliphatic carbocycles. The highest BCUT2D eigenvalue weighted by Crippen LogP contribution is 2.29. The Morgan fingerprint density at radius 3 is 2.94 bits per heavy atom. The molecule has 2 aliphatic heterocycles. The molecule has 0 atom stereocenters. The van der Waals surface area contributed by atoms with Gasteiger partial charge in [-0.15, -0.1) is 0 Å². The van der Waals surface area contributed by atoms with Gasteiger partial charge in [0, 0.05) is 12.2 Å². The fourth-order valence-corrected chi connectivity index (χ4v) is 2.74. The summed E-state index contributed by atoms with van der Waals surface area (Å²) in [6, 6.07) is 6.87. The lowest BCUT2D eigenvalue weighted by Crippen LogP contribution is -2.26. The zero-order valence-corrected chi connectivity index (χ0v) is 10.1. The average Bonchev–Trinajstić information content (AvgIpc) is 2.64. The molecule has 3 nitrogen and oxygen atoms in total. The molecule has 1 saturated heterocycles. The maximum absolute atomic E-state index is 4.28. The van der Waals surface area contributed by atoms with Crippen LogP contribution in [0.3, 0.4) is 0 Å². The molecule has 1 aromatic rings. The van der Waals surface area contributed by atoms with Crippen LogP contribution in [0.2, 0.25) is 0 Å². The second-order valence-electron chi connectivity index (χ2n) is 4.87. The summed E-state index contributed by atoms with van der Waals surface area (Å²) in [6.07, 6.45) is 5.40. The number of nitrogens with zero attached hydrogens (tertiary/aromatic N) is 1. The number of anilines is 1. The van der Waals surface area contributed by atoms with Crippen molar-refractivity contribution in [3.63, 3.8) is 0 Å². The standard InChI is InChI=1S/C14H19N3/c1-2-14-13(5-8-16-10-17-14)9-12(1)11-3-6-15-7-4-11/h1-2,9-11,15H,3-8H2,(H,16,17). The summed E-state index contributed by atoms with van der Waals surface area (Å²) < 4.78 is 0. The minimum absolute atomic E-state index is 0.741. The Bertz CT molecular complexity index is 419. The van der Waals surface area contributed by atoms with Gasteiger partial charge in [-0.05, 0) is 55.5 Å². The molecule has 0 amide bonds. The van der Waals surface area contributed by atoms with Crippen LogP contribution in [-0.2, 0) is 6.42 Å². The van der Waals surface area contributed by atoms with Crippen molar-refractivity contribution in [2.24, 2.45) is 4.99 Å². The maximum atomic E-state index is 4.28. The molecular weight excluding hydrogens is 210 g/mol. The van der Waals surface area contributed by atoms with Crippen LogP contribution < -0.4 is 10.6 Å². The minimum atomic E-state index is 0.741. The van der Waals surface area contributed by atoms with Crippen molar-refractivity contribution in [2.45, 2.75) is 25.2 Å². The number of piperidine rings is 1. The summed E-state index contributed by atoms with van der Waals surface area (Å²) in [5.41, 5.74) is 4.15. The normalized spacial score (nSPS) is 20.5. The van der Waals surface area contributed by atoms with Gasteiger partial charge < -0.3 is 10.6 Å². The highest BCUT2D eigenvalue weighted by molar-refractivity contribution is 5.78. The number of hydrogen-bond acceptors (Lipinski definition) is 3. The van der Waals surface area contributed by atoms with E-state index in [2.05, 4.69) is 33.8 Å². The third-order valence-electron chi connectivity index (χ3n) is 3.76. The first-order valence-corrected chi connectivity index (χ1v) is 6.52.